The molecule has 0 saturated heterocycles. The lowest BCUT2D eigenvalue weighted by Crippen LogP contribution is -2.31. The molecule has 0 radical (unpaired) electrons. The lowest BCUT2D eigenvalue weighted by molar-refractivity contribution is -0.135. The average molecular weight is 416 g/mol. The van der Waals surface area contributed by atoms with Crippen LogP contribution < -0.4 is 14.2 Å². The quantitative estimate of drug-likeness (QED) is 0.571. The third kappa shape index (κ3) is 4.53. The number of hydrogen-bond acceptors (Lipinski definition) is 5. The van der Waals surface area contributed by atoms with E-state index in [-0.39, 0.29) is 18.6 Å². The zero-order chi connectivity index (χ0) is 21.6. The van der Waals surface area contributed by atoms with E-state index in [0.717, 1.165) is 22.6 Å². The van der Waals surface area contributed by atoms with Crippen LogP contribution in [-0.2, 0) is 4.79 Å². The zero-order valence-electron chi connectivity index (χ0n) is 17.5. The number of carbonyl (C=O) groups is 1. The molecule has 6 heteroatoms. The van der Waals surface area contributed by atoms with Crippen molar-refractivity contribution in [3.63, 3.8) is 0 Å². The van der Waals surface area contributed by atoms with Gasteiger partial charge in [-0.3, -0.25) is 4.79 Å². The molecule has 0 N–H and O–H groups in total. The predicted octanol–water partition coefficient (Wildman–Crippen LogP) is 4.46. The van der Waals surface area contributed by atoms with E-state index in [1.165, 1.54) is 5.01 Å². The fourth-order valence-electron chi connectivity index (χ4n) is 3.57. The number of hydrogen-bond donors (Lipinski definition) is 0. The van der Waals surface area contributed by atoms with Gasteiger partial charge < -0.3 is 14.2 Å². The highest BCUT2D eigenvalue weighted by Crippen LogP contribution is 2.34. The minimum atomic E-state index is -0.224. The standard InChI is InChI=1S/C25H24N2O4/c1-29-20-14-12-19(13-15-20)22-16-21(18-8-4-3-5-9-18)26-27(22)25(28)17-31-24-11-7-6-10-23(24)30-2/h3-15,22H,16-17H2,1-2H3. The van der Waals surface area contributed by atoms with Gasteiger partial charge in [-0.15, -0.1) is 0 Å². The van der Waals surface area contributed by atoms with Crippen LogP contribution in [-0.4, -0.2) is 37.5 Å². The Morgan fingerprint density at radius 1 is 0.903 bits per heavy atom. The molecule has 1 amide bonds. The number of benzene rings is 3. The fraction of sp³-hybridized carbons (Fsp3) is 0.200. The molecule has 3 aromatic carbocycles. The van der Waals surface area contributed by atoms with Crippen molar-refractivity contribution in [1.82, 2.24) is 5.01 Å². The highest BCUT2D eigenvalue weighted by Gasteiger charge is 2.33. The molecule has 158 valence electrons. The SMILES string of the molecule is COc1ccc(C2CC(c3ccccc3)=NN2C(=O)COc2ccccc2OC)cc1. The van der Waals surface area contributed by atoms with E-state index in [0.29, 0.717) is 17.9 Å². The van der Waals surface area contributed by atoms with E-state index >= 15 is 0 Å². The Balaban J connectivity index is 1.58. The number of nitrogens with zero attached hydrogens (tertiary/aromatic N) is 2. The van der Waals surface area contributed by atoms with Gasteiger partial charge in [0.15, 0.2) is 18.1 Å². The summed E-state index contributed by atoms with van der Waals surface area (Å²) in [5.41, 5.74) is 2.86. The van der Waals surface area contributed by atoms with Crippen LogP contribution in [0.3, 0.4) is 0 Å². The summed E-state index contributed by atoms with van der Waals surface area (Å²) in [6, 6.07) is 24.7. The Morgan fingerprint density at radius 2 is 1.58 bits per heavy atom. The predicted molar refractivity (Wildman–Crippen MR) is 119 cm³/mol. The smallest absolute Gasteiger partial charge is 0.281 e. The first-order chi connectivity index (χ1) is 15.2. The number of rotatable bonds is 7. The highest BCUT2D eigenvalue weighted by molar-refractivity contribution is 6.03. The molecule has 6 nitrogen and oxygen atoms in total. The Labute approximate surface area is 181 Å². The van der Waals surface area contributed by atoms with Gasteiger partial charge in [-0.25, -0.2) is 5.01 Å². The second-order valence-electron chi connectivity index (χ2n) is 7.08. The van der Waals surface area contributed by atoms with Crippen LogP contribution in [0.5, 0.6) is 17.2 Å². The van der Waals surface area contributed by atoms with Crippen molar-refractivity contribution in [1.29, 1.82) is 0 Å². The molecule has 0 saturated carbocycles. The number of methoxy groups -OCH3 is 2. The molecule has 0 fully saturated rings. The summed E-state index contributed by atoms with van der Waals surface area (Å²) in [5, 5.41) is 6.20. The average Bonchev–Trinajstić information content (AvgIpc) is 3.29. The summed E-state index contributed by atoms with van der Waals surface area (Å²) in [5.74, 6) is 1.64. The molecule has 0 aromatic heterocycles. The maximum Gasteiger partial charge on any atom is 0.281 e. The van der Waals surface area contributed by atoms with Gasteiger partial charge in [0.1, 0.15) is 5.75 Å². The Kier molecular flexibility index (Phi) is 6.17. The van der Waals surface area contributed by atoms with Crippen molar-refractivity contribution in [3.8, 4) is 17.2 Å². The number of ether oxygens (including phenoxy) is 3. The minimum absolute atomic E-state index is 0.140. The lowest BCUT2D eigenvalue weighted by atomic mass is 9.98. The Morgan fingerprint density at radius 3 is 2.26 bits per heavy atom. The molecule has 3 aromatic rings. The highest BCUT2D eigenvalue weighted by atomic mass is 16.5. The van der Waals surface area contributed by atoms with Gasteiger partial charge in [0.25, 0.3) is 5.91 Å². The third-order valence-electron chi connectivity index (χ3n) is 5.19. The first-order valence-corrected chi connectivity index (χ1v) is 10.0. The summed E-state index contributed by atoms with van der Waals surface area (Å²) in [6.45, 7) is -0.140. The molecule has 0 spiro atoms. The summed E-state index contributed by atoms with van der Waals surface area (Å²) in [6.07, 6.45) is 0.622. The van der Waals surface area contributed by atoms with Crippen molar-refractivity contribution in [3.05, 3.63) is 90.0 Å². The molecular weight excluding hydrogens is 392 g/mol. The van der Waals surface area contributed by atoms with Crippen LogP contribution in [0.4, 0.5) is 0 Å². The maximum atomic E-state index is 13.1. The van der Waals surface area contributed by atoms with Gasteiger partial charge in [-0.05, 0) is 35.4 Å². The molecule has 1 unspecified atom stereocenters. The first kappa shape index (κ1) is 20.5. The van der Waals surface area contributed by atoms with Crippen LogP contribution in [0.25, 0.3) is 0 Å². The van der Waals surface area contributed by atoms with E-state index in [2.05, 4.69) is 5.10 Å². The van der Waals surface area contributed by atoms with Gasteiger partial charge in [-0.1, -0.05) is 54.6 Å². The van der Waals surface area contributed by atoms with Crippen molar-refractivity contribution < 1.29 is 19.0 Å². The summed E-state index contributed by atoms with van der Waals surface area (Å²) in [4.78, 5) is 13.1. The number of para-hydroxylation sites is 2. The van der Waals surface area contributed by atoms with Crippen LogP contribution in [0.15, 0.2) is 84.0 Å². The summed E-state index contributed by atoms with van der Waals surface area (Å²) >= 11 is 0. The summed E-state index contributed by atoms with van der Waals surface area (Å²) in [7, 11) is 3.20. The maximum absolute atomic E-state index is 13.1. The number of carbonyl (C=O) groups excluding carboxylic acids is 1. The topological polar surface area (TPSA) is 60.4 Å². The Bertz CT molecular complexity index is 1060. The van der Waals surface area contributed by atoms with E-state index in [9.17, 15) is 4.79 Å². The lowest BCUT2D eigenvalue weighted by Gasteiger charge is -2.22. The Hall–Kier alpha value is -3.80. The van der Waals surface area contributed by atoms with Crippen molar-refractivity contribution in [2.75, 3.05) is 20.8 Å². The van der Waals surface area contributed by atoms with E-state index in [1.54, 1.807) is 26.4 Å². The molecular formula is C25H24N2O4. The molecule has 4 rings (SSSR count). The van der Waals surface area contributed by atoms with E-state index in [4.69, 9.17) is 14.2 Å². The van der Waals surface area contributed by atoms with Crippen LogP contribution in [0.1, 0.15) is 23.6 Å². The van der Waals surface area contributed by atoms with Crippen molar-refractivity contribution in [2.45, 2.75) is 12.5 Å². The van der Waals surface area contributed by atoms with Gasteiger partial charge in [-0.2, -0.15) is 5.10 Å². The zero-order valence-corrected chi connectivity index (χ0v) is 17.5. The molecule has 1 aliphatic heterocycles. The largest absolute Gasteiger partial charge is 0.497 e. The van der Waals surface area contributed by atoms with Gasteiger partial charge in [0.05, 0.1) is 26.0 Å². The molecule has 0 aliphatic carbocycles. The van der Waals surface area contributed by atoms with Gasteiger partial charge in [0, 0.05) is 6.42 Å². The molecule has 1 heterocycles. The summed E-state index contributed by atoms with van der Waals surface area (Å²) < 4.78 is 16.3. The minimum Gasteiger partial charge on any atom is -0.497 e. The van der Waals surface area contributed by atoms with Crippen molar-refractivity contribution >= 4 is 11.6 Å². The number of hydrazone groups is 1. The van der Waals surface area contributed by atoms with Crippen LogP contribution >= 0.6 is 0 Å². The van der Waals surface area contributed by atoms with Crippen LogP contribution in [0, 0.1) is 0 Å². The second-order valence-corrected chi connectivity index (χ2v) is 7.08. The normalized spacial score (nSPS) is 15.4. The fourth-order valence-corrected chi connectivity index (χ4v) is 3.57. The first-order valence-electron chi connectivity index (χ1n) is 10.0. The van der Waals surface area contributed by atoms with Gasteiger partial charge in [0.2, 0.25) is 0 Å². The third-order valence-corrected chi connectivity index (χ3v) is 5.19. The van der Waals surface area contributed by atoms with Crippen molar-refractivity contribution in [2.24, 2.45) is 5.10 Å². The molecule has 1 atom stereocenters. The molecule has 31 heavy (non-hydrogen) atoms. The number of amides is 1. The van der Waals surface area contributed by atoms with Gasteiger partial charge >= 0.3 is 0 Å². The second kappa shape index (κ2) is 9.34. The molecule has 1 aliphatic rings. The molecule has 0 bridgehead atoms. The van der Waals surface area contributed by atoms with E-state index < -0.39 is 0 Å². The monoisotopic (exact) mass is 416 g/mol. The van der Waals surface area contributed by atoms with Crippen LogP contribution in [0.2, 0.25) is 0 Å². The van der Waals surface area contributed by atoms with E-state index in [1.807, 2.05) is 66.7 Å².